The van der Waals surface area contributed by atoms with E-state index in [1.807, 2.05) is 64.9 Å². The van der Waals surface area contributed by atoms with Crippen LogP contribution in [0.4, 0.5) is 5.13 Å². The number of thiophene rings is 1. The number of hydrogen-bond acceptors (Lipinski definition) is 8. The molecule has 1 aliphatic heterocycles. The lowest BCUT2D eigenvalue weighted by molar-refractivity contribution is 0.0985. The average molecular weight is 545 g/mol. The second-order valence-electron chi connectivity index (χ2n) is 8.99. The smallest absolute Gasteiger partial charge is 0.260 e. The molecule has 0 fully saturated rings. The Morgan fingerprint density at radius 1 is 0.921 bits per heavy atom. The van der Waals surface area contributed by atoms with Crippen LogP contribution in [-0.2, 0) is 0 Å². The van der Waals surface area contributed by atoms with Crippen LogP contribution in [0.2, 0.25) is 0 Å². The van der Waals surface area contributed by atoms with E-state index in [1.165, 1.54) is 11.3 Å². The Bertz CT molecular complexity index is 1550. The number of fused-ring (bicyclic) bond motifs is 3. The van der Waals surface area contributed by atoms with Crippen molar-refractivity contribution in [3.63, 3.8) is 0 Å². The first-order valence-electron chi connectivity index (χ1n) is 12.8. The van der Waals surface area contributed by atoms with Crippen LogP contribution in [0, 0.1) is 0 Å². The van der Waals surface area contributed by atoms with Gasteiger partial charge in [0.25, 0.3) is 5.91 Å². The molecule has 2 aromatic carbocycles. The quantitative estimate of drug-likeness (QED) is 0.227. The normalized spacial score (nSPS) is 12.9. The average Bonchev–Trinajstić information content (AvgIpc) is 3.63. The van der Waals surface area contributed by atoms with Crippen LogP contribution in [0.25, 0.3) is 31.7 Å². The van der Waals surface area contributed by atoms with Gasteiger partial charge < -0.3 is 14.4 Å². The van der Waals surface area contributed by atoms with E-state index in [-0.39, 0.29) is 5.91 Å². The minimum atomic E-state index is -0.0788. The molecule has 0 aliphatic carbocycles. The van der Waals surface area contributed by atoms with E-state index in [0.29, 0.717) is 36.2 Å². The second kappa shape index (κ2) is 10.7. The van der Waals surface area contributed by atoms with Gasteiger partial charge in [-0.15, -0.1) is 11.3 Å². The summed E-state index contributed by atoms with van der Waals surface area (Å²) in [6.45, 7) is 8.44. The first-order valence-corrected chi connectivity index (χ1v) is 14.5. The maximum absolute atomic E-state index is 14.4. The van der Waals surface area contributed by atoms with E-state index in [4.69, 9.17) is 19.4 Å². The van der Waals surface area contributed by atoms with Crippen molar-refractivity contribution in [3.8, 4) is 22.1 Å². The van der Waals surface area contributed by atoms with E-state index in [9.17, 15) is 4.79 Å². The third-order valence-corrected chi connectivity index (χ3v) is 8.71. The number of aromatic nitrogens is 2. The summed E-state index contributed by atoms with van der Waals surface area (Å²) in [5, 5.41) is 3.53. The number of carbonyl (C=O) groups is 1. The summed E-state index contributed by atoms with van der Waals surface area (Å²) in [6, 6.07) is 17.7. The van der Waals surface area contributed by atoms with Crippen molar-refractivity contribution in [3.05, 3.63) is 65.5 Å². The summed E-state index contributed by atoms with van der Waals surface area (Å²) in [5.41, 5.74) is 3.03. The number of nitrogens with zero attached hydrogens (tertiary/aromatic N) is 4. The van der Waals surface area contributed by atoms with E-state index < -0.39 is 0 Å². The van der Waals surface area contributed by atoms with Crippen molar-refractivity contribution in [2.24, 2.45) is 0 Å². The number of pyridine rings is 1. The van der Waals surface area contributed by atoms with E-state index in [0.717, 1.165) is 57.1 Å². The number of carbonyl (C=O) groups excluding carboxylic acids is 1. The molecule has 1 aliphatic rings. The molecule has 0 atom stereocenters. The van der Waals surface area contributed by atoms with Gasteiger partial charge in [-0.05, 0) is 36.7 Å². The third kappa shape index (κ3) is 4.73. The number of para-hydroxylation sites is 1. The van der Waals surface area contributed by atoms with Gasteiger partial charge in [0.05, 0.1) is 31.9 Å². The summed E-state index contributed by atoms with van der Waals surface area (Å²) in [6.07, 6.45) is 0. The number of ether oxygens (including phenoxy) is 2. The van der Waals surface area contributed by atoms with Crippen LogP contribution in [0.1, 0.15) is 24.2 Å². The van der Waals surface area contributed by atoms with Crippen LogP contribution in [-0.4, -0.2) is 60.2 Å². The minimum absolute atomic E-state index is 0.0788. The summed E-state index contributed by atoms with van der Waals surface area (Å²) >= 11 is 3.12. The summed E-state index contributed by atoms with van der Waals surface area (Å²) < 4.78 is 12.5. The lowest BCUT2D eigenvalue weighted by Gasteiger charge is -2.25. The van der Waals surface area contributed by atoms with Crippen molar-refractivity contribution in [2.75, 3.05) is 44.3 Å². The van der Waals surface area contributed by atoms with Crippen LogP contribution in [0.15, 0.2) is 60.0 Å². The highest BCUT2D eigenvalue weighted by Gasteiger charge is 2.26. The van der Waals surface area contributed by atoms with Crippen molar-refractivity contribution in [1.82, 2.24) is 14.9 Å². The van der Waals surface area contributed by atoms with E-state index in [1.54, 1.807) is 11.3 Å². The van der Waals surface area contributed by atoms with Gasteiger partial charge >= 0.3 is 0 Å². The zero-order valence-corrected chi connectivity index (χ0v) is 23.0. The maximum atomic E-state index is 14.4. The van der Waals surface area contributed by atoms with Gasteiger partial charge in [-0.3, -0.25) is 9.69 Å². The maximum Gasteiger partial charge on any atom is 0.260 e. The predicted octanol–water partition coefficient (Wildman–Crippen LogP) is 6.33. The number of hydrogen-bond donors (Lipinski definition) is 0. The zero-order chi connectivity index (χ0) is 26.1. The van der Waals surface area contributed by atoms with Gasteiger partial charge in [-0.2, -0.15) is 0 Å². The fraction of sp³-hybridized carbons (Fsp3) is 0.276. The summed E-state index contributed by atoms with van der Waals surface area (Å²) in [4.78, 5) is 29.3. The zero-order valence-electron chi connectivity index (χ0n) is 21.3. The first kappa shape index (κ1) is 24.8. The van der Waals surface area contributed by atoms with Gasteiger partial charge in [0.2, 0.25) is 0 Å². The monoisotopic (exact) mass is 544 g/mol. The molecule has 0 spiro atoms. The number of amides is 1. The van der Waals surface area contributed by atoms with Gasteiger partial charge in [0, 0.05) is 30.6 Å². The Hall–Kier alpha value is -3.53. The lowest BCUT2D eigenvalue weighted by Crippen LogP contribution is -2.39. The third-order valence-electron chi connectivity index (χ3n) is 6.77. The molecule has 0 saturated heterocycles. The van der Waals surface area contributed by atoms with Gasteiger partial charge in [0.15, 0.2) is 16.6 Å². The van der Waals surface area contributed by atoms with Crippen LogP contribution in [0.3, 0.4) is 0 Å². The Morgan fingerprint density at radius 2 is 1.71 bits per heavy atom. The van der Waals surface area contributed by atoms with Crippen LogP contribution < -0.4 is 14.4 Å². The number of anilines is 1. The molecule has 0 saturated carbocycles. The number of likely N-dealkylation sites (N-methyl/N-ethyl adjacent to an activating group) is 1. The topological polar surface area (TPSA) is 67.8 Å². The summed E-state index contributed by atoms with van der Waals surface area (Å²) in [7, 11) is 0. The molecule has 6 rings (SSSR count). The Balaban J connectivity index is 1.45. The molecule has 5 aromatic rings. The van der Waals surface area contributed by atoms with Gasteiger partial charge in [-0.1, -0.05) is 49.4 Å². The van der Waals surface area contributed by atoms with E-state index in [2.05, 4.69) is 18.7 Å². The largest absolute Gasteiger partial charge is 0.486 e. The van der Waals surface area contributed by atoms with Crippen molar-refractivity contribution < 1.29 is 14.3 Å². The molecule has 9 heteroatoms. The molecule has 0 radical (unpaired) electrons. The highest BCUT2D eigenvalue weighted by atomic mass is 32.1. The molecule has 3 aromatic heterocycles. The molecule has 38 heavy (non-hydrogen) atoms. The Kier molecular flexibility index (Phi) is 6.97. The molecule has 0 N–H and O–H groups in total. The molecule has 7 nitrogen and oxygen atoms in total. The molecule has 194 valence electrons. The molecule has 0 unspecified atom stereocenters. The minimum Gasteiger partial charge on any atom is -0.486 e. The van der Waals surface area contributed by atoms with Crippen molar-refractivity contribution in [2.45, 2.75) is 13.8 Å². The first-order chi connectivity index (χ1) is 18.6. The highest BCUT2D eigenvalue weighted by molar-refractivity contribution is 7.22. The van der Waals surface area contributed by atoms with Crippen LogP contribution in [0.5, 0.6) is 11.5 Å². The fourth-order valence-corrected chi connectivity index (χ4v) is 6.37. The number of benzene rings is 2. The van der Waals surface area contributed by atoms with Crippen LogP contribution >= 0.6 is 22.7 Å². The number of thiazole rings is 1. The SMILES string of the molecule is CCN(CC)CCN(C(=O)c1cc(-c2cccs2)nc2ccccc12)c1nc2cc3c(cc2s1)OCCO3. The summed E-state index contributed by atoms with van der Waals surface area (Å²) in [5.74, 6) is 1.34. The van der Waals surface area contributed by atoms with Crippen molar-refractivity contribution in [1.29, 1.82) is 0 Å². The molecular weight excluding hydrogens is 516 g/mol. The standard InChI is InChI=1S/C29H28N4O3S2/c1-3-32(4-2)11-12-33(29-31-23-17-24-25(18-27(23)38-29)36-14-13-35-24)28(34)20-16-22(26-10-7-15-37-26)30-21-9-6-5-8-19(20)21/h5-10,15-18H,3-4,11-14H2,1-2H3. The second-order valence-corrected chi connectivity index (χ2v) is 11.0. The van der Waals surface area contributed by atoms with E-state index >= 15 is 0 Å². The molecular formula is C29H28N4O3S2. The fourth-order valence-electron chi connectivity index (χ4n) is 4.68. The van der Waals surface area contributed by atoms with Gasteiger partial charge in [-0.25, -0.2) is 9.97 Å². The predicted molar refractivity (Wildman–Crippen MR) is 155 cm³/mol. The Morgan fingerprint density at radius 3 is 2.47 bits per heavy atom. The molecule has 4 heterocycles. The molecule has 0 bridgehead atoms. The van der Waals surface area contributed by atoms with Gasteiger partial charge in [0.1, 0.15) is 13.2 Å². The molecule has 1 amide bonds. The Labute approximate surface area is 229 Å². The van der Waals surface area contributed by atoms with Crippen molar-refractivity contribution >= 4 is 54.8 Å². The highest BCUT2D eigenvalue weighted by Crippen LogP contribution is 2.39. The lowest BCUT2D eigenvalue weighted by atomic mass is 10.1. The number of rotatable bonds is 8.